The largest absolute Gasteiger partial charge is 0.444 e. The standard InChI is InChI=1S/C26H33ClN6O3/c1-7-31(18(3)34)21-15-33(20-10-8-9-19(27)13-20)24-22(21)23(28-16-29-24)32-12-11-30(14-17(32)2)25(35)36-26(4,5)6/h8-10,13,15-17H,7,11-12,14H2,1-6H3. The molecule has 1 aromatic carbocycles. The Morgan fingerprint density at radius 2 is 1.97 bits per heavy atom. The van der Waals surface area contributed by atoms with E-state index >= 15 is 0 Å². The zero-order chi connectivity index (χ0) is 26.2. The molecule has 1 atom stereocenters. The summed E-state index contributed by atoms with van der Waals surface area (Å²) in [5, 5.41) is 1.39. The molecule has 2 aromatic heterocycles. The number of anilines is 2. The van der Waals surface area contributed by atoms with E-state index in [4.69, 9.17) is 16.3 Å². The maximum atomic E-state index is 12.7. The Balaban J connectivity index is 1.78. The molecule has 3 aromatic rings. The predicted octanol–water partition coefficient (Wildman–Crippen LogP) is 4.89. The molecule has 4 rings (SSSR count). The molecule has 1 aliphatic rings. The lowest BCUT2D eigenvalue weighted by molar-refractivity contribution is -0.116. The van der Waals surface area contributed by atoms with Crippen molar-refractivity contribution < 1.29 is 14.3 Å². The van der Waals surface area contributed by atoms with Crippen LogP contribution in [0.1, 0.15) is 41.5 Å². The monoisotopic (exact) mass is 512 g/mol. The third kappa shape index (κ3) is 5.11. The van der Waals surface area contributed by atoms with E-state index < -0.39 is 5.60 Å². The molecule has 0 spiro atoms. The lowest BCUT2D eigenvalue weighted by Gasteiger charge is -2.41. The van der Waals surface area contributed by atoms with Crippen LogP contribution in [0.25, 0.3) is 16.7 Å². The molecule has 10 heteroatoms. The van der Waals surface area contributed by atoms with E-state index in [0.29, 0.717) is 36.8 Å². The van der Waals surface area contributed by atoms with Gasteiger partial charge in [0.15, 0.2) is 5.65 Å². The van der Waals surface area contributed by atoms with Crippen molar-refractivity contribution in [3.05, 3.63) is 41.8 Å². The summed E-state index contributed by atoms with van der Waals surface area (Å²) in [6, 6.07) is 7.48. The van der Waals surface area contributed by atoms with E-state index in [0.717, 1.165) is 22.6 Å². The van der Waals surface area contributed by atoms with Crippen molar-refractivity contribution in [3.63, 3.8) is 0 Å². The van der Waals surface area contributed by atoms with Gasteiger partial charge in [-0.1, -0.05) is 17.7 Å². The smallest absolute Gasteiger partial charge is 0.410 e. The molecule has 1 aliphatic heterocycles. The van der Waals surface area contributed by atoms with Gasteiger partial charge < -0.3 is 19.4 Å². The Morgan fingerprint density at radius 1 is 1.22 bits per heavy atom. The number of halogens is 1. The summed E-state index contributed by atoms with van der Waals surface area (Å²) < 4.78 is 7.51. The van der Waals surface area contributed by atoms with Crippen molar-refractivity contribution >= 4 is 46.1 Å². The topological polar surface area (TPSA) is 83.8 Å². The van der Waals surface area contributed by atoms with Gasteiger partial charge in [-0.05, 0) is 52.8 Å². The molecule has 1 unspecified atom stereocenters. The Hall–Kier alpha value is -3.33. The quantitative estimate of drug-likeness (QED) is 0.494. The van der Waals surface area contributed by atoms with Gasteiger partial charge in [0.05, 0.1) is 11.1 Å². The molecule has 192 valence electrons. The van der Waals surface area contributed by atoms with Crippen molar-refractivity contribution in [2.45, 2.75) is 53.2 Å². The van der Waals surface area contributed by atoms with Gasteiger partial charge in [0.2, 0.25) is 5.91 Å². The van der Waals surface area contributed by atoms with Gasteiger partial charge in [-0.3, -0.25) is 9.36 Å². The molecule has 1 saturated heterocycles. The second-order valence-electron chi connectivity index (χ2n) is 9.99. The molecule has 36 heavy (non-hydrogen) atoms. The number of benzene rings is 1. The molecule has 2 amide bonds. The summed E-state index contributed by atoms with van der Waals surface area (Å²) in [5.41, 5.74) is 1.70. The number of amides is 2. The number of carbonyl (C=O) groups is 2. The minimum atomic E-state index is -0.551. The number of aromatic nitrogens is 3. The number of piperazine rings is 1. The van der Waals surface area contributed by atoms with Crippen molar-refractivity contribution in [1.29, 1.82) is 0 Å². The van der Waals surface area contributed by atoms with Crippen LogP contribution in [-0.4, -0.2) is 69.3 Å². The maximum absolute atomic E-state index is 12.7. The Bertz CT molecular complexity index is 1280. The number of nitrogens with zero attached hydrogens (tertiary/aromatic N) is 6. The van der Waals surface area contributed by atoms with Crippen LogP contribution in [0, 0.1) is 0 Å². The molecule has 3 heterocycles. The fraction of sp³-hybridized carbons (Fsp3) is 0.462. The number of ether oxygens (including phenoxy) is 1. The summed E-state index contributed by atoms with van der Waals surface area (Å²) in [5.74, 6) is 0.659. The van der Waals surface area contributed by atoms with Crippen molar-refractivity contribution in [2.24, 2.45) is 0 Å². The molecule has 9 nitrogen and oxygen atoms in total. The van der Waals surface area contributed by atoms with Crippen LogP contribution < -0.4 is 9.80 Å². The van der Waals surface area contributed by atoms with E-state index in [1.165, 1.54) is 0 Å². The van der Waals surface area contributed by atoms with E-state index in [1.807, 2.05) is 62.7 Å². The average Bonchev–Trinajstić information content (AvgIpc) is 3.18. The zero-order valence-electron chi connectivity index (χ0n) is 21.7. The highest BCUT2D eigenvalue weighted by Crippen LogP contribution is 2.37. The second kappa shape index (κ2) is 9.97. The molecule has 0 bridgehead atoms. The Morgan fingerprint density at radius 3 is 2.58 bits per heavy atom. The minimum Gasteiger partial charge on any atom is -0.444 e. The van der Waals surface area contributed by atoms with E-state index in [1.54, 1.807) is 23.1 Å². The molecule has 1 fully saturated rings. The lowest BCUT2D eigenvalue weighted by atomic mass is 10.1. The van der Waals surface area contributed by atoms with Crippen LogP contribution in [0.15, 0.2) is 36.8 Å². The van der Waals surface area contributed by atoms with Gasteiger partial charge in [-0.25, -0.2) is 14.8 Å². The Labute approximate surface area is 216 Å². The third-order valence-electron chi connectivity index (χ3n) is 6.17. The molecule has 0 aliphatic carbocycles. The van der Waals surface area contributed by atoms with Crippen LogP contribution in [0.3, 0.4) is 0 Å². The fourth-order valence-corrected chi connectivity index (χ4v) is 4.78. The number of fused-ring (bicyclic) bond motifs is 1. The zero-order valence-corrected chi connectivity index (χ0v) is 22.4. The summed E-state index contributed by atoms with van der Waals surface area (Å²) in [6.45, 7) is 13.2. The highest BCUT2D eigenvalue weighted by atomic mass is 35.5. The first-order chi connectivity index (χ1) is 17.0. The van der Waals surface area contributed by atoms with Gasteiger partial charge in [0.1, 0.15) is 17.7 Å². The first-order valence-electron chi connectivity index (χ1n) is 12.1. The minimum absolute atomic E-state index is 0.0286. The number of rotatable bonds is 4. The van der Waals surface area contributed by atoms with E-state index in [2.05, 4.69) is 21.8 Å². The normalized spacial score (nSPS) is 16.4. The summed E-state index contributed by atoms with van der Waals surface area (Å²) >= 11 is 6.28. The summed E-state index contributed by atoms with van der Waals surface area (Å²) in [7, 11) is 0. The third-order valence-corrected chi connectivity index (χ3v) is 6.40. The molecule has 0 N–H and O–H groups in total. The summed E-state index contributed by atoms with van der Waals surface area (Å²) in [4.78, 5) is 40.2. The van der Waals surface area contributed by atoms with Crippen LogP contribution in [0.4, 0.5) is 16.3 Å². The Kier molecular flexibility index (Phi) is 7.13. The molecular weight excluding hydrogens is 480 g/mol. The number of hydrogen-bond acceptors (Lipinski definition) is 6. The van der Waals surface area contributed by atoms with Gasteiger partial charge in [-0.2, -0.15) is 0 Å². The van der Waals surface area contributed by atoms with Crippen molar-refractivity contribution in [3.8, 4) is 5.69 Å². The fourth-order valence-electron chi connectivity index (χ4n) is 4.60. The van der Waals surface area contributed by atoms with E-state index in [9.17, 15) is 9.59 Å². The van der Waals surface area contributed by atoms with Crippen molar-refractivity contribution in [1.82, 2.24) is 19.4 Å². The SMILES string of the molecule is CCN(C(C)=O)c1cn(-c2cccc(Cl)c2)c2ncnc(N3CCN(C(=O)OC(C)(C)C)CC3C)c12. The highest BCUT2D eigenvalue weighted by Gasteiger charge is 2.33. The maximum Gasteiger partial charge on any atom is 0.410 e. The van der Waals surface area contributed by atoms with Crippen LogP contribution in [-0.2, 0) is 9.53 Å². The number of carbonyl (C=O) groups excluding carboxylic acids is 2. The first kappa shape index (κ1) is 25.8. The van der Waals surface area contributed by atoms with Crippen LogP contribution in [0.5, 0.6) is 0 Å². The molecule has 0 saturated carbocycles. The van der Waals surface area contributed by atoms with Gasteiger partial charge in [0, 0.05) is 56.1 Å². The van der Waals surface area contributed by atoms with Crippen LogP contribution in [0.2, 0.25) is 5.02 Å². The summed E-state index contributed by atoms with van der Waals surface area (Å²) in [6.07, 6.45) is 3.14. The van der Waals surface area contributed by atoms with Gasteiger partial charge in [0.25, 0.3) is 0 Å². The van der Waals surface area contributed by atoms with Gasteiger partial charge in [-0.15, -0.1) is 0 Å². The number of hydrogen-bond donors (Lipinski definition) is 0. The van der Waals surface area contributed by atoms with Crippen molar-refractivity contribution in [2.75, 3.05) is 36.0 Å². The first-order valence-corrected chi connectivity index (χ1v) is 12.5. The van der Waals surface area contributed by atoms with Gasteiger partial charge >= 0.3 is 6.09 Å². The average molecular weight is 513 g/mol. The second-order valence-corrected chi connectivity index (χ2v) is 10.4. The molecule has 0 radical (unpaired) electrons. The predicted molar refractivity (Wildman–Crippen MR) is 142 cm³/mol. The lowest BCUT2D eigenvalue weighted by Crippen LogP contribution is -2.54. The van der Waals surface area contributed by atoms with Crippen LogP contribution >= 0.6 is 11.6 Å². The highest BCUT2D eigenvalue weighted by molar-refractivity contribution is 6.30. The van der Waals surface area contributed by atoms with E-state index in [-0.39, 0.29) is 18.0 Å². The molecular formula is C26H33ClN6O3.